The first-order valence-corrected chi connectivity index (χ1v) is 13.4. The van der Waals surface area contributed by atoms with E-state index in [0.29, 0.717) is 12.3 Å². The van der Waals surface area contributed by atoms with Gasteiger partial charge in [-0.05, 0) is 110 Å². The molecule has 2 aromatic carbocycles. The lowest BCUT2D eigenvalue weighted by Gasteiger charge is -2.38. The molecular formula is C28H35FN2O3S. The number of nitrogens with zero attached hydrogens (tertiary/aromatic N) is 2. The maximum absolute atomic E-state index is 13.0. The molecule has 188 valence electrons. The van der Waals surface area contributed by atoms with Crippen molar-refractivity contribution < 1.29 is 19.3 Å². The van der Waals surface area contributed by atoms with Crippen LogP contribution in [0.1, 0.15) is 37.4 Å². The van der Waals surface area contributed by atoms with Gasteiger partial charge in [0.25, 0.3) is 0 Å². The number of ether oxygens (including phenoxy) is 1. The van der Waals surface area contributed by atoms with E-state index in [4.69, 9.17) is 4.74 Å². The molecule has 1 fully saturated rings. The van der Waals surface area contributed by atoms with Crippen LogP contribution in [0.4, 0.5) is 4.39 Å². The normalized spacial score (nSPS) is 19.7. The minimum Gasteiger partial charge on any atom is -0.497 e. The molecule has 0 unspecified atom stereocenters. The zero-order valence-electron chi connectivity index (χ0n) is 20.3. The fourth-order valence-corrected chi connectivity index (χ4v) is 5.88. The Morgan fingerprint density at radius 1 is 1.17 bits per heavy atom. The molecule has 0 amide bonds. The van der Waals surface area contributed by atoms with E-state index >= 15 is 0 Å². The van der Waals surface area contributed by atoms with Gasteiger partial charge in [0.15, 0.2) is 0 Å². The molecule has 4 rings (SSSR count). The Kier molecular flexibility index (Phi) is 9.38. The number of pyridine rings is 1. The standard InChI is InChI=1S/C28H35FN2O3S/c1-34-23-6-9-27-26(17-23)25(11-13-30-27)28(33)10-3-20-12-15-31(18-21(20)19-32)14-2-16-35-24-7-4-22(29)5-8-24/h4-9,11,13,17,20-21,28,32-33H,2-3,10,12,14-16,18-19H2,1H3/t20-,21-,28+/m1/s1. The molecule has 1 saturated heterocycles. The molecule has 0 saturated carbocycles. The van der Waals surface area contributed by atoms with Gasteiger partial charge >= 0.3 is 0 Å². The number of aromatic nitrogens is 1. The van der Waals surface area contributed by atoms with Crippen LogP contribution in [-0.2, 0) is 0 Å². The largest absolute Gasteiger partial charge is 0.497 e. The summed E-state index contributed by atoms with van der Waals surface area (Å²) in [4.78, 5) is 7.95. The van der Waals surface area contributed by atoms with E-state index in [9.17, 15) is 14.6 Å². The van der Waals surface area contributed by atoms with Gasteiger partial charge in [-0.3, -0.25) is 4.98 Å². The third-order valence-corrected chi connectivity index (χ3v) is 8.16. The van der Waals surface area contributed by atoms with E-state index in [1.165, 1.54) is 12.1 Å². The fourth-order valence-electron chi connectivity index (χ4n) is 5.05. The summed E-state index contributed by atoms with van der Waals surface area (Å²) in [5, 5.41) is 22.0. The van der Waals surface area contributed by atoms with Crippen LogP contribution in [0, 0.1) is 17.7 Å². The fraction of sp³-hybridized carbons (Fsp3) is 0.464. The topological polar surface area (TPSA) is 65.8 Å². The van der Waals surface area contributed by atoms with Crippen molar-refractivity contribution in [3.8, 4) is 5.75 Å². The highest BCUT2D eigenvalue weighted by Gasteiger charge is 2.29. The number of hydrogen-bond donors (Lipinski definition) is 2. The Hall–Kier alpha value is -2.19. The van der Waals surface area contributed by atoms with Crippen molar-refractivity contribution in [3.63, 3.8) is 0 Å². The van der Waals surface area contributed by atoms with Crippen molar-refractivity contribution in [1.82, 2.24) is 9.88 Å². The third kappa shape index (κ3) is 6.94. The number of benzene rings is 2. The van der Waals surface area contributed by atoms with Gasteiger partial charge in [0.2, 0.25) is 0 Å². The Labute approximate surface area is 211 Å². The van der Waals surface area contributed by atoms with Gasteiger partial charge in [0, 0.05) is 29.6 Å². The smallest absolute Gasteiger partial charge is 0.123 e. The zero-order chi connectivity index (χ0) is 24.6. The maximum atomic E-state index is 13.0. The van der Waals surface area contributed by atoms with Crippen LogP contribution in [0.3, 0.4) is 0 Å². The molecule has 2 heterocycles. The number of likely N-dealkylation sites (tertiary alicyclic amines) is 1. The number of fused-ring (bicyclic) bond motifs is 1. The van der Waals surface area contributed by atoms with Gasteiger partial charge < -0.3 is 19.8 Å². The average molecular weight is 499 g/mol. The molecule has 1 aromatic heterocycles. The number of aliphatic hydroxyl groups is 2. The van der Waals surface area contributed by atoms with Gasteiger partial charge in [-0.25, -0.2) is 4.39 Å². The van der Waals surface area contributed by atoms with Crippen LogP contribution in [0.5, 0.6) is 5.75 Å². The van der Waals surface area contributed by atoms with Crippen LogP contribution < -0.4 is 4.74 Å². The molecule has 0 aliphatic carbocycles. The van der Waals surface area contributed by atoms with E-state index in [0.717, 1.165) is 71.8 Å². The second-order valence-corrected chi connectivity index (χ2v) is 10.5. The summed E-state index contributed by atoms with van der Waals surface area (Å²) in [6.45, 7) is 3.10. The van der Waals surface area contributed by atoms with Gasteiger partial charge in [0.05, 0.1) is 18.7 Å². The predicted molar refractivity (Wildman–Crippen MR) is 139 cm³/mol. The summed E-state index contributed by atoms with van der Waals surface area (Å²) in [6, 6.07) is 14.3. The lowest BCUT2D eigenvalue weighted by Crippen LogP contribution is -2.42. The molecule has 3 atom stereocenters. The van der Waals surface area contributed by atoms with E-state index in [1.54, 1.807) is 25.1 Å². The third-order valence-electron chi connectivity index (χ3n) is 7.06. The molecule has 1 aliphatic rings. The molecule has 1 aliphatic heterocycles. The predicted octanol–water partition coefficient (Wildman–Crippen LogP) is 5.31. The summed E-state index contributed by atoms with van der Waals surface area (Å²) in [6.07, 6.45) is 4.81. The highest BCUT2D eigenvalue weighted by Crippen LogP contribution is 2.33. The van der Waals surface area contributed by atoms with Gasteiger partial charge in [-0.1, -0.05) is 0 Å². The second-order valence-electron chi connectivity index (χ2n) is 9.32. The Morgan fingerprint density at radius 2 is 2.00 bits per heavy atom. The first-order valence-electron chi connectivity index (χ1n) is 12.4. The quantitative estimate of drug-likeness (QED) is 0.276. The SMILES string of the molecule is COc1ccc2nccc([C@@H](O)CC[C@@H]3CCN(CCCSc4ccc(F)cc4)C[C@@H]3CO)c2c1. The second kappa shape index (κ2) is 12.7. The van der Waals surface area contributed by atoms with E-state index in [1.807, 2.05) is 36.4 Å². The molecule has 3 aromatic rings. The van der Waals surface area contributed by atoms with Crippen molar-refractivity contribution >= 4 is 22.7 Å². The van der Waals surface area contributed by atoms with Crippen LogP contribution in [0.15, 0.2) is 59.6 Å². The average Bonchev–Trinajstić information content (AvgIpc) is 2.90. The van der Waals surface area contributed by atoms with Crippen molar-refractivity contribution in [1.29, 1.82) is 0 Å². The lowest BCUT2D eigenvalue weighted by atomic mass is 9.81. The number of hydrogen-bond acceptors (Lipinski definition) is 6. The molecule has 0 radical (unpaired) electrons. The Morgan fingerprint density at radius 3 is 2.77 bits per heavy atom. The van der Waals surface area contributed by atoms with Crippen molar-refractivity contribution in [3.05, 3.63) is 66.1 Å². The molecule has 7 heteroatoms. The summed E-state index contributed by atoms with van der Waals surface area (Å²) < 4.78 is 18.4. The zero-order valence-corrected chi connectivity index (χ0v) is 21.1. The number of aliphatic hydroxyl groups excluding tert-OH is 2. The summed E-state index contributed by atoms with van der Waals surface area (Å²) in [5.74, 6) is 2.18. The van der Waals surface area contributed by atoms with Crippen molar-refractivity contribution in [2.75, 3.05) is 39.1 Å². The van der Waals surface area contributed by atoms with Gasteiger partial charge in [-0.15, -0.1) is 11.8 Å². The van der Waals surface area contributed by atoms with E-state index < -0.39 is 6.10 Å². The number of methoxy groups -OCH3 is 1. The van der Waals surface area contributed by atoms with Crippen molar-refractivity contribution in [2.24, 2.45) is 11.8 Å². The van der Waals surface area contributed by atoms with Gasteiger partial charge in [0.1, 0.15) is 11.6 Å². The van der Waals surface area contributed by atoms with Crippen molar-refractivity contribution in [2.45, 2.75) is 36.7 Å². The van der Waals surface area contributed by atoms with Gasteiger partial charge in [-0.2, -0.15) is 0 Å². The van der Waals surface area contributed by atoms with Crippen LogP contribution in [0.2, 0.25) is 0 Å². The minimum atomic E-state index is -0.575. The summed E-state index contributed by atoms with van der Waals surface area (Å²) >= 11 is 1.75. The number of rotatable bonds is 11. The highest BCUT2D eigenvalue weighted by molar-refractivity contribution is 7.99. The van der Waals surface area contributed by atoms with E-state index in [2.05, 4.69) is 9.88 Å². The monoisotopic (exact) mass is 498 g/mol. The lowest BCUT2D eigenvalue weighted by molar-refractivity contribution is 0.0581. The summed E-state index contributed by atoms with van der Waals surface area (Å²) in [7, 11) is 1.64. The Bertz CT molecular complexity index is 1080. The van der Waals surface area contributed by atoms with Crippen LogP contribution >= 0.6 is 11.8 Å². The Balaban J connectivity index is 1.25. The first-order chi connectivity index (χ1) is 17.1. The van der Waals surface area contributed by atoms with E-state index in [-0.39, 0.29) is 18.3 Å². The summed E-state index contributed by atoms with van der Waals surface area (Å²) in [5.41, 5.74) is 1.73. The molecule has 5 nitrogen and oxygen atoms in total. The highest BCUT2D eigenvalue weighted by atomic mass is 32.2. The molecule has 35 heavy (non-hydrogen) atoms. The molecule has 2 N–H and O–H groups in total. The minimum absolute atomic E-state index is 0.178. The number of piperidine rings is 1. The number of halogens is 1. The van der Waals surface area contributed by atoms with Crippen LogP contribution in [0.25, 0.3) is 10.9 Å². The molecule has 0 spiro atoms. The van der Waals surface area contributed by atoms with Crippen LogP contribution in [-0.4, -0.2) is 59.2 Å². The molecule has 0 bridgehead atoms. The molecular weight excluding hydrogens is 463 g/mol. The number of thioether (sulfide) groups is 1. The first kappa shape index (κ1) is 25.9. The maximum Gasteiger partial charge on any atom is 0.123 e.